The lowest BCUT2D eigenvalue weighted by molar-refractivity contribution is -0.205. The van der Waals surface area contributed by atoms with E-state index in [0.29, 0.717) is 0 Å². The molecule has 3 heteroatoms. The lowest BCUT2D eigenvalue weighted by Gasteiger charge is -2.45. The van der Waals surface area contributed by atoms with Crippen molar-refractivity contribution in [3.63, 3.8) is 0 Å². The summed E-state index contributed by atoms with van der Waals surface area (Å²) in [7, 11) is 3.40. The smallest absolute Gasteiger partial charge is 0.162 e. The van der Waals surface area contributed by atoms with E-state index in [9.17, 15) is 0 Å². The van der Waals surface area contributed by atoms with Crippen LogP contribution in [0.15, 0.2) is 0 Å². The standard InChI is InChI=1S/C9H19NO2/c1-11-8(12-2)9(6-7-10)4-3-5-9/h8H,3-7,10H2,1-2H3. The van der Waals surface area contributed by atoms with Crippen molar-refractivity contribution in [3.05, 3.63) is 0 Å². The zero-order valence-corrected chi connectivity index (χ0v) is 8.01. The molecular weight excluding hydrogens is 154 g/mol. The Kier molecular flexibility index (Phi) is 3.50. The zero-order valence-electron chi connectivity index (χ0n) is 8.01. The van der Waals surface area contributed by atoms with Gasteiger partial charge in [0.2, 0.25) is 0 Å². The zero-order chi connectivity index (χ0) is 9.03. The van der Waals surface area contributed by atoms with E-state index in [1.54, 1.807) is 14.2 Å². The fourth-order valence-electron chi connectivity index (χ4n) is 2.12. The predicted octanol–water partition coefficient (Wildman–Crippen LogP) is 1.12. The van der Waals surface area contributed by atoms with Crippen LogP contribution in [0.4, 0.5) is 0 Å². The van der Waals surface area contributed by atoms with Crippen LogP contribution in [0, 0.1) is 5.41 Å². The highest BCUT2D eigenvalue weighted by atomic mass is 16.7. The Hall–Kier alpha value is -0.120. The molecule has 0 aromatic carbocycles. The van der Waals surface area contributed by atoms with Crippen molar-refractivity contribution in [1.29, 1.82) is 0 Å². The molecule has 0 spiro atoms. The van der Waals surface area contributed by atoms with Crippen molar-refractivity contribution in [2.45, 2.75) is 32.0 Å². The summed E-state index contributed by atoms with van der Waals surface area (Å²) in [4.78, 5) is 0. The van der Waals surface area contributed by atoms with Gasteiger partial charge in [-0.05, 0) is 25.8 Å². The van der Waals surface area contributed by atoms with Crippen LogP contribution in [0.3, 0.4) is 0 Å². The Morgan fingerprint density at radius 1 is 1.33 bits per heavy atom. The van der Waals surface area contributed by atoms with Gasteiger partial charge in [0.15, 0.2) is 6.29 Å². The van der Waals surface area contributed by atoms with Crippen LogP contribution < -0.4 is 5.73 Å². The first-order valence-corrected chi connectivity index (χ1v) is 4.55. The van der Waals surface area contributed by atoms with Crippen molar-refractivity contribution in [3.8, 4) is 0 Å². The van der Waals surface area contributed by atoms with Crippen molar-refractivity contribution in [2.75, 3.05) is 20.8 Å². The minimum Gasteiger partial charge on any atom is -0.355 e. The molecule has 0 aromatic heterocycles. The molecule has 1 aliphatic rings. The quantitative estimate of drug-likeness (QED) is 0.634. The molecule has 1 saturated carbocycles. The average Bonchev–Trinajstić information content (AvgIpc) is 2.02. The second kappa shape index (κ2) is 4.21. The SMILES string of the molecule is COC(OC)C1(CCN)CCC1. The van der Waals surface area contributed by atoms with Crippen LogP contribution in [0.5, 0.6) is 0 Å². The van der Waals surface area contributed by atoms with Gasteiger partial charge in [0.05, 0.1) is 0 Å². The Morgan fingerprint density at radius 3 is 2.17 bits per heavy atom. The number of ether oxygens (including phenoxy) is 2. The predicted molar refractivity (Wildman–Crippen MR) is 47.8 cm³/mol. The first kappa shape index (κ1) is 9.96. The minimum atomic E-state index is -0.0604. The fourth-order valence-corrected chi connectivity index (χ4v) is 2.12. The average molecular weight is 173 g/mol. The topological polar surface area (TPSA) is 44.5 Å². The van der Waals surface area contributed by atoms with Gasteiger partial charge in [-0.3, -0.25) is 0 Å². The van der Waals surface area contributed by atoms with Crippen LogP contribution >= 0.6 is 0 Å². The van der Waals surface area contributed by atoms with Gasteiger partial charge in [0.25, 0.3) is 0 Å². The molecule has 12 heavy (non-hydrogen) atoms. The maximum absolute atomic E-state index is 5.56. The van der Waals surface area contributed by atoms with Gasteiger partial charge in [0.1, 0.15) is 0 Å². The van der Waals surface area contributed by atoms with E-state index in [1.165, 1.54) is 19.3 Å². The van der Waals surface area contributed by atoms with E-state index < -0.39 is 0 Å². The Morgan fingerprint density at radius 2 is 1.92 bits per heavy atom. The molecule has 2 N–H and O–H groups in total. The van der Waals surface area contributed by atoms with Crippen LogP contribution in [0.25, 0.3) is 0 Å². The van der Waals surface area contributed by atoms with Gasteiger partial charge in [-0.15, -0.1) is 0 Å². The normalized spacial score (nSPS) is 21.0. The van der Waals surface area contributed by atoms with Crippen LogP contribution in [-0.2, 0) is 9.47 Å². The molecule has 0 bridgehead atoms. The number of rotatable bonds is 5. The van der Waals surface area contributed by atoms with E-state index in [1.807, 2.05) is 0 Å². The van der Waals surface area contributed by atoms with E-state index in [2.05, 4.69) is 0 Å². The largest absolute Gasteiger partial charge is 0.355 e. The molecule has 1 fully saturated rings. The third-order valence-corrected chi connectivity index (χ3v) is 2.92. The van der Waals surface area contributed by atoms with E-state index in [4.69, 9.17) is 15.2 Å². The molecule has 0 aliphatic heterocycles. The molecule has 3 nitrogen and oxygen atoms in total. The Bertz CT molecular complexity index is 130. The fraction of sp³-hybridized carbons (Fsp3) is 1.00. The van der Waals surface area contributed by atoms with Gasteiger partial charge < -0.3 is 15.2 Å². The van der Waals surface area contributed by atoms with E-state index in [-0.39, 0.29) is 11.7 Å². The molecule has 0 heterocycles. The Labute approximate surface area is 74.2 Å². The van der Waals surface area contributed by atoms with Gasteiger partial charge >= 0.3 is 0 Å². The summed E-state index contributed by atoms with van der Waals surface area (Å²) in [5.74, 6) is 0. The van der Waals surface area contributed by atoms with Crippen LogP contribution in [0.1, 0.15) is 25.7 Å². The molecule has 0 radical (unpaired) electrons. The first-order valence-electron chi connectivity index (χ1n) is 4.55. The second-order valence-corrected chi connectivity index (χ2v) is 3.56. The Balaban J connectivity index is 2.51. The number of nitrogens with two attached hydrogens (primary N) is 1. The summed E-state index contributed by atoms with van der Waals surface area (Å²) in [6.45, 7) is 0.725. The van der Waals surface area contributed by atoms with Gasteiger partial charge in [0, 0.05) is 19.6 Å². The lowest BCUT2D eigenvalue weighted by atomic mass is 9.66. The monoisotopic (exact) mass is 173 g/mol. The first-order chi connectivity index (χ1) is 5.79. The van der Waals surface area contributed by atoms with Gasteiger partial charge in [-0.1, -0.05) is 6.42 Å². The van der Waals surface area contributed by atoms with E-state index in [0.717, 1.165) is 13.0 Å². The third kappa shape index (κ3) is 1.63. The summed E-state index contributed by atoms with van der Waals surface area (Å²) < 4.78 is 10.6. The highest BCUT2D eigenvalue weighted by Gasteiger charge is 2.44. The van der Waals surface area contributed by atoms with Crippen LogP contribution in [0.2, 0.25) is 0 Å². The third-order valence-electron chi connectivity index (χ3n) is 2.92. The molecule has 0 saturated heterocycles. The summed E-state index contributed by atoms with van der Waals surface area (Å²) in [5, 5.41) is 0. The van der Waals surface area contributed by atoms with Crippen molar-refractivity contribution < 1.29 is 9.47 Å². The molecule has 0 unspecified atom stereocenters. The molecule has 1 rings (SSSR count). The molecule has 0 amide bonds. The minimum absolute atomic E-state index is 0.0604. The molecule has 1 aliphatic carbocycles. The van der Waals surface area contributed by atoms with Crippen molar-refractivity contribution >= 4 is 0 Å². The maximum atomic E-state index is 5.56. The maximum Gasteiger partial charge on any atom is 0.162 e. The molecule has 0 aromatic rings. The number of methoxy groups -OCH3 is 2. The van der Waals surface area contributed by atoms with Gasteiger partial charge in [-0.25, -0.2) is 0 Å². The number of hydrogen-bond acceptors (Lipinski definition) is 3. The summed E-state index contributed by atoms with van der Waals surface area (Å²) in [5.41, 5.74) is 5.78. The van der Waals surface area contributed by atoms with Crippen molar-refractivity contribution in [1.82, 2.24) is 0 Å². The van der Waals surface area contributed by atoms with E-state index >= 15 is 0 Å². The van der Waals surface area contributed by atoms with Gasteiger partial charge in [-0.2, -0.15) is 0 Å². The molecular formula is C9H19NO2. The van der Waals surface area contributed by atoms with Crippen LogP contribution in [-0.4, -0.2) is 27.1 Å². The van der Waals surface area contributed by atoms with Crippen molar-refractivity contribution in [2.24, 2.45) is 11.1 Å². The highest BCUT2D eigenvalue weighted by molar-refractivity contribution is 4.90. The summed E-state index contributed by atoms with van der Waals surface area (Å²) >= 11 is 0. The summed E-state index contributed by atoms with van der Waals surface area (Å²) in [6.07, 6.45) is 4.62. The number of hydrogen-bond donors (Lipinski definition) is 1. The summed E-state index contributed by atoms with van der Waals surface area (Å²) in [6, 6.07) is 0. The molecule has 72 valence electrons. The molecule has 0 atom stereocenters. The highest BCUT2D eigenvalue weighted by Crippen LogP contribution is 2.47. The second-order valence-electron chi connectivity index (χ2n) is 3.56. The lowest BCUT2D eigenvalue weighted by Crippen LogP contribution is -2.44.